The molecule has 0 aliphatic carbocycles. The number of hydrogen-bond acceptors (Lipinski definition) is 2. The molecule has 0 saturated carbocycles. The number of piperidine rings is 1. The third kappa shape index (κ3) is 3.72. The van der Waals surface area contributed by atoms with Gasteiger partial charge in [0.15, 0.2) is 0 Å². The van der Waals surface area contributed by atoms with Crippen LogP contribution in [0.15, 0.2) is 0 Å². The van der Waals surface area contributed by atoms with E-state index in [0.29, 0.717) is 5.92 Å². The van der Waals surface area contributed by atoms with Crippen molar-refractivity contribution in [2.75, 3.05) is 13.1 Å². The molecule has 1 heterocycles. The van der Waals surface area contributed by atoms with Crippen molar-refractivity contribution in [3.63, 3.8) is 0 Å². The number of carbonyl (C=O) groups is 1. The Morgan fingerprint density at radius 2 is 2.17 bits per heavy atom. The highest BCUT2D eigenvalue weighted by molar-refractivity contribution is 5.66. The summed E-state index contributed by atoms with van der Waals surface area (Å²) in [6, 6.07) is 0. The maximum Gasteiger partial charge on any atom is 0.303 e. The molecule has 0 unspecified atom stereocenters. The van der Waals surface area contributed by atoms with E-state index in [2.05, 4.69) is 11.7 Å². The molecule has 1 aliphatic rings. The Morgan fingerprint density at radius 3 is 2.75 bits per heavy atom. The van der Waals surface area contributed by atoms with Gasteiger partial charge in [0, 0.05) is 6.42 Å². The van der Waals surface area contributed by atoms with Gasteiger partial charge >= 0.3 is 5.97 Å². The first-order valence-corrected chi connectivity index (χ1v) is 4.55. The molecule has 69 valence electrons. The Labute approximate surface area is 73.2 Å². The van der Waals surface area contributed by atoms with E-state index in [1.54, 1.807) is 0 Å². The summed E-state index contributed by atoms with van der Waals surface area (Å²) in [7, 11) is 0. The maximum atomic E-state index is 10.2. The van der Waals surface area contributed by atoms with Crippen LogP contribution in [0.25, 0.3) is 0 Å². The van der Waals surface area contributed by atoms with Gasteiger partial charge in [-0.25, -0.2) is 0 Å². The van der Waals surface area contributed by atoms with Gasteiger partial charge in [0.1, 0.15) is 0 Å². The molecule has 2 N–H and O–H groups in total. The molecule has 1 radical (unpaired) electrons. The van der Waals surface area contributed by atoms with E-state index in [9.17, 15) is 4.79 Å². The van der Waals surface area contributed by atoms with Crippen LogP contribution in [0, 0.1) is 12.3 Å². The van der Waals surface area contributed by atoms with E-state index in [0.717, 1.165) is 19.5 Å². The van der Waals surface area contributed by atoms with Crippen LogP contribution in [0.3, 0.4) is 0 Å². The van der Waals surface area contributed by atoms with Crippen LogP contribution in [0.2, 0.25) is 0 Å². The molecule has 1 fully saturated rings. The molecule has 0 aromatic carbocycles. The number of carboxylic acid groups (broad SMARTS) is 1. The summed E-state index contributed by atoms with van der Waals surface area (Å²) in [4.78, 5) is 10.2. The number of rotatable bonds is 4. The van der Waals surface area contributed by atoms with Crippen molar-refractivity contribution in [3.05, 3.63) is 6.42 Å². The third-order valence-electron chi connectivity index (χ3n) is 2.24. The second-order valence-electron chi connectivity index (χ2n) is 3.26. The van der Waals surface area contributed by atoms with Gasteiger partial charge in [-0.05, 0) is 44.7 Å². The summed E-state index contributed by atoms with van der Waals surface area (Å²) < 4.78 is 0. The Hall–Kier alpha value is -0.570. The molecule has 3 heteroatoms. The summed E-state index contributed by atoms with van der Waals surface area (Å²) in [6.07, 6.45) is 5.50. The van der Waals surface area contributed by atoms with E-state index >= 15 is 0 Å². The minimum absolute atomic E-state index is 0.282. The molecular formula is C9H16NO2. The summed E-state index contributed by atoms with van der Waals surface area (Å²) in [6.45, 7) is 2.16. The topological polar surface area (TPSA) is 49.3 Å². The fraction of sp³-hybridized carbons (Fsp3) is 0.778. The van der Waals surface area contributed by atoms with Crippen molar-refractivity contribution in [3.8, 4) is 0 Å². The van der Waals surface area contributed by atoms with E-state index in [4.69, 9.17) is 5.11 Å². The molecule has 12 heavy (non-hydrogen) atoms. The molecule has 3 nitrogen and oxygen atoms in total. The minimum Gasteiger partial charge on any atom is -0.481 e. The van der Waals surface area contributed by atoms with Crippen molar-refractivity contribution >= 4 is 5.97 Å². The highest BCUT2D eigenvalue weighted by Crippen LogP contribution is 2.17. The van der Waals surface area contributed by atoms with Gasteiger partial charge in [-0.1, -0.05) is 0 Å². The highest BCUT2D eigenvalue weighted by Gasteiger charge is 2.12. The average Bonchev–Trinajstić information content (AvgIpc) is 2.05. The first-order valence-electron chi connectivity index (χ1n) is 4.55. The van der Waals surface area contributed by atoms with E-state index in [1.807, 2.05) is 0 Å². The molecule has 0 spiro atoms. The molecule has 0 aromatic heterocycles. The molecular weight excluding hydrogens is 154 g/mol. The molecule has 1 rings (SSSR count). The second kappa shape index (κ2) is 5.14. The van der Waals surface area contributed by atoms with Gasteiger partial charge < -0.3 is 10.4 Å². The lowest BCUT2D eigenvalue weighted by molar-refractivity contribution is -0.137. The van der Waals surface area contributed by atoms with Crippen LogP contribution < -0.4 is 5.32 Å². The number of carboxylic acids is 1. The van der Waals surface area contributed by atoms with E-state index < -0.39 is 5.97 Å². The minimum atomic E-state index is -0.694. The van der Waals surface area contributed by atoms with Gasteiger partial charge in [0.25, 0.3) is 0 Å². The lowest BCUT2D eigenvalue weighted by atomic mass is 9.93. The average molecular weight is 170 g/mol. The van der Waals surface area contributed by atoms with Crippen molar-refractivity contribution in [1.82, 2.24) is 5.32 Å². The number of hydrogen-bond donors (Lipinski definition) is 2. The predicted octanol–water partition coefficient (Wildman–Crippen LogP) is 1.06. The number of nitrogens with one attached hydrogen (secondary N) is 1. The van der Waals surface area contributed by atoms with Crippen LogP contribution in [0.5, 0.6) is 0 Å². The largest absolute Gasteiger partial charge is 0.481 e. The molecule has 1 aliphatic heterocycles. The van der Waals surface area contributed by atoms with Crippen molar-refractivity contribution in [1.29, 1.82) is 0 Å². The zero-order valence-electron chi connectivity index (χ0n) is 7.25. The van der Waals surface area contributed by atoms with Crippen LogP contribution in [-0.4, -0.2) is 24.2 Å². The van der Waals surface area contributed by atoms with Crippen LogP contribution >= 0.6 is 0 Å². The van der Waals surface area contributed by atoms with Crippen molar-refractivity contribution < 1.29 is 9.90 Å². The fourth-order valence-corrected chi connectivity index (χ4v) is 1.52. The fourth-order valence-electron chi connectivity index (χ4n) is 1.52. The molecule has 0 aromatic rings. The van der Waals surface area contributed by atoms with Gasteiger partial charge in [0.05, 0.1) is 0 Å². The van der Waals surface area contributed by atoms with Crippen molar-refractivity contribution in [2.24, 2.45) is 5.92 Å². The zero-order chi connectivity index (χ0) is 8.81. The first-order chi connectivity index (χ1) is 5.79. The van der Waals surface area contributed by atoms with Gasteiger partial charge in [-0.3, -0.25) is 4.79 Å². The molecule has 0 bridgehead atoms. The van der Waals surface area contributed by atoms with Gasteiger partial charge in [-0.2, -0.15) is 0 Å². The van der Waals surface area contributed by atoms with E-state index in [1.165, 1.54) is 12.8 Å². The summed E-state index contributed by atoms with van der Waals surface area (Å²) in [5.41, 5.74) is 0. The van der Waals surface area contributed by atoms with Crippen LogP contribution in [0.4, 0.5) is 0 Å². The Bertz CT molecular complexity index is 141. The van der Waals surface area contributed by atoms with Crippen molar-refractivity contribution in [2.45, 2.75) is 25.7 Å². The van der Waals surface area contributed by atoms with E-state index in [-0.39, 0.29) is 6.42 Å². The van der Waals surface area contributed by atoms with Gasteiger partial charge in [-0.15, -0.1) is 0 Å². The summed E-state index contributed by atoms with van der Waals surface area (Å²) in [5.74, 6) is -0.0502. The second-order valence-corrected chi connectivity index (χ2v) is 3.26. The highest BCUT2D eigenvalue weighted by atomic mass is 16.4. The van der Waals surface area contributed by atoms with Crippen LogP contribution in [0.1, 0.15) is 25.7 Å². The number of aliphatic carboxylic acids is 1. The van der Waals surface area contributed by atoms with Gasteiger partial charge in [0.2, 0.25) is 0 Å². The quantitative estimate of drug-likeness (QED) is 0.663. The third-order valence-corrected chi connectivity index (χ3v) is 2.24. The predicted molar refractivity (Wildman–Crippen MR) is 46.8 cm³/mol. The maximum absolute atomic E-state index is 10.2. The zero-order valence-corrected chi connectivity index (χ0v) is 7.25. The lowest BCUT2D eigenvalue weighted by Gasteiger charge is -2.21. The smallest absolute Gasteiger partial charge is 0.303 e. The summed E-state index contributed by atoms with van der Waals surface area (Å²) >= 11 is 0. The SMILES string of the molecule is O=C(O)CC[CH]C1CCNCC1. The molecule has 0 atom stereocenters. The standard InChI is InChI=1S/C9H16NO2/c11-9(12)3-1-2-8-4-6-10-7-5-8/h2,8,10H,1,3-7H2,(H,11,12). The summed E-state index contributed by atoms with van der Waals surface area (Å²) in [5, 5.41) is 11.7. The van der Waals surface area contributed by atoms with Crippen LogP contribution in [-0.2, 0) is 4.79 Å². The Morgan fingerprint density at radius 1 is 1.50 bits per heavy atom. The first kappa shape index (κ1) is 9.52. The molecule has 1 saturated heterocycles. The lowest BCUT2D eigenvalue weighted by Crippen LogP contribution is -2.27. The molecule has 0 amide bonds. The Balaban J connectivity index is 2.01. The Kier molecular flexibility index (Phi) is 4.08. The monoisotopic (exact) mass is 170 g/mol. The normalized spacial score (nSPS) is 19.3.